The summed E-state index contributed by atoms with van der Waals surface area (Å²) in [6.07, 6.45) is 6.79. The van der Waals surface area contributed by atoms with Crippen molar-refractivity contribution in [2.24, 2.45) is 0 Å². The minimum absolute atomic E-state index is 0.331. The second-order valence-corrected chi connectivity index (χ2v) is 7.46. The van der Waals surface area contributed by atoms with Crippen LogP contribution in [0, 0.1) is 6.92 Å². The molecule has 0 aliphatic carbocycles. The molecular formula is C26H25N5O4. The Labute approximate surface area is 203 Å². The minimum Gasteiger partial charge on any atom is -0.493 e. The van der Waals surface area contributed by atoms with E-state index in [4.69, 9.17) is 14.2 Å². The summed E-state index contributed by atoms with van der Waals surface area (Å²) in [7, 11) is 4.52. The fourth-order valence-corrected chi connectivity index (χ4v) is 3.60. The molecule has 0 saturated carbocycles. The number of anilines is 4. The Kier molecular flexibility index (Phi) is 7.06. The molecule has 9 heteroatoms. The number of ether oxygens (including phenoxy) is 3. The summed E-state index contributed by atoms with van der Waals surface area (Å²) in [4.78, 5) is 28.1. The van der Waals surface area contributed by atoms with Crippen molar-refractivity contribution in [3.63, 3.8) is 0 Å². The highest BCUT2D eigenvalue weighted by Crippen LogP contribution is 2.39. The minimum atomic E-state index is -0.331. The van der Waals surface area contributed by atoms with Gasteiger partial charge in [-0.2, -0.15) is 0 Å². The Morgan fingerprint density at radius 2 is 1.60 bits per heavy atom. The summed E-state index contributed by atoms with van der Waals surface area (Å²) in [6, 6.07) is 14.4. The molecule has 1 N–H and O–H groups in total. The summed E-state index contributed by atoms with van der Waals surface area (Å²) in [5.74, 6) is 1.36. The number of amides is 1. The molecule has 9 nitrogen and oxygen atoms in total. The molecule has 1 amide bonds. The van der Waals surface area contributed by atoms with E-state index in [9.17, 15) is 4.79 Å². The van der Waals surface area contributed by atoms with Gasteiger partial charge >= 0.3 is 0 Å². The van der Waals surface area contributed by atoms with Crippen LogP contribution < -0.4 is 24.4 Å². The number of aryl methyl sites for hydroxylation is 1. The SMILES string of the molecule is COc1cc(C(=O)Nc2ccc(C)c(N(c3cccnc3)c3ncccn3)c2)cc(OC)c1OC. The fraction of sp³-hybridized carbons (Fsp3) is 0.154. The Bertz CT molecular complexity index is 1250. The van der Waals surface area contributed by atoms with Gasteiger partial charge in [0.25, 0.3) is 5.91 Å². The van der Waals surface area contributed by atoms with E-state index in [0.717, 1.165) is 16.9 Å². The first-order valence-corrected chi connectivity index (χ1v) is 10.7. The van der Waals surface area contributed by atoms with Crippen LogP contribution in [-0.2, 0) is 0 Å². The van der Waals surface area contributed by atoms with Crippen LogP contribution in [0.5, 0.6) is 17.2 Å². The largest absolute Gasteiger partial charge is 0.493 e. The number of nitrogens with zero attached hydrogens (tertiary/aromatic N) is 4. The zero-order valence-electron chi connectivity index (χ0n) is 19.9. The molecular weight excluding hydrogens is 446 g/mol. The van der Waals surface area contributed by atoms with E-state index in [1.54, 1.807) is 43.0 Å². The van der Waals surface area contributed by atoms with Gasteiger partial charge in [0.15, 0.2) is 11.5 Å². The first kappa shape index (κ1) is 23.5. The lowest BCUT2D eigenvalue weighted by molar-refractivity contribution is 0.102. The van der Waals surface area contributed by atoms with Gasteiger partial charge in [0.1, 0.15) is 0 Å². The molecule has 0 aliphatic heterocycles. The quantitative estimate of drug-likeness (QED) is 0.386. The molecule has 2 aromatic carbocycles. The third-order valence-electron chi connectivity index (χ3n) is 5.29. The van der Waals surface area contributed by atoms with Crippen molar-refractivity contribution < 1.29 is 19.0 Å². The highest BCUT2D eigenvalue weighted by Gasteiger charge is 2.20. The van der Waals surface area contributed by atoms with Crippen LogP contribution in [0.2, 0.25) is 0 Å². The smallest absolute Gasteiger partial charge is 0.255 e. The highest BCUT2D eigenvalue weighted by molar-refractivity contribution is 6.05. The van der Waals surface area contributed by atoms with E-state index in [1.165, 1.54) is 21.3 Å². The lowest BCUT2D eigenvalue weighted by atomic mass is 10.1. The molecule has 2 aromatic heterocycles. The van der Waals surface area contributed by atoms with Crippen LogP contribution in [0.25, 0.3) is 0 Å². The van der Waals surface area contributed by atoms with Crippen molar-refractivity contribution in [3.05, 3.63) is 84.4 Å². The lowest BCUT2D eigenvalue weighted by Gasteiger charge is -2.24. The topological polar surface area (TPSA) is 98.7 Å². The van der Waals surface area contributed by atoms with E-state index < -0.39 is 0 Å². The number of benzene rings is 2. The Morgan fingerprint density at radius 1 is 0.886 bits per heavy atom. The predicted molar refractivity (Wildman–Crippen MR) is 133 cm³/mol. The maximum Gasteiger partial charge on any atom is 0.255 e. The van der Waals surface area contributed by atoms with Crippen LogP contribution in [0.15, 0.2) is 73.3 Å². The van der Waals surface area contributed by atoms with Gasteiger partial charge in [-0.3, -0.25) is 14.7 Å². The summed E-state index contributed by atoms with van der Waals surface area (Å²) >= 11 is 0. The van der Waals surface area contributed by atoms with Gasteiger partial charge in [0.2, 0.25) is 11.7 Å². The van der Waals surface area contributed by atoms with Gasteiger partial charge in [-0.25, -0.2) is 9.97 Å². The van der Waals surface area contributed by atoms with Crippen LogP contribution in [-0.4, -0.2) is 42.2 Å². The second kappa shape index (κ2) is 10.5. The van der Waals surface area contributed by atoms with E-state index in [0.29, 0.717) is 34.4 Å². The van der Waals surface area contributed by atoms with E-state index in [-0.39, 0.29) is 5.91 Å². The van der Waals surface area contributed by atoms with Gasteiger partial charge in [0, 0.05) is 29.8 Å². The lowest BCUT2D eigenvalue weighted by Crippen LogP contribution is -2.16. The summed E-state index contributed by atoms with van der Waals surface area (Å²) in [5.41, 5.74) is 3.50. The molecule has 4 aromatic rings. The number of rotatable bonds is 8. The molecule has 4 rings (SSSR count). The molecule has 0 aliphatic rings. The van der Waals surface area contributed by atoms with Crippen molar-refractivity contribution in [2.45, 2.75) is 6.92 Å². The molecule has 0 fully saturated rings. The van der Waals surface area contributed by atoms with Crippen LogP contribution in [0.3, 0.4) is 0 Å². The molecule has 178 valence electrons. The third-order valence-corrected chi connectivity index (χ3v) is 5.29. The molecule has 2 heterocycles. The van der Waals surface area contributed by atoms with Crippen LogP contribution in [0.4, 0.5) is 23.0 Å². The van der Waals surface area contributed by atoms with Gasteiger partial charge in [-0.1, -0.05) is 6.07 Å². The fourth-order valence-electron chi connectivity index (χ4n) is 3.60. The predicted octanol–water partition coefficient (Wildman–Crippen LogP) is 4.93. The molecule has 0 spiro atoms. The summed E-state index contributed by atoms with van der Waals surface area (Å²) in [5, 5.41) is 2.95. The van der Waals surface area contributed by atoms with E-state index in [2.05, 4.69) is 20.3 Å². The number of aromatic nitrogens is 3. The van der Waals surface area contributed by atoms with Gasteiger partial charge in [-0.05, 0) is 55.0 Å². The maximum absolute atomic E-state index is 13.1. The summed E-state index contributed by atoms with van der Waals surface area (Å²) in [6.45, 7) is 1.98. The second-order valence-electron chi connectivity index (χ2n) is 7.46. The van der Waals surface area contributed by atoms with E-state index >= 15 is 0 Å². The Hall–Kier alpha value is -4.66. The maximum atomic E-state index is 13.1. The average molecular weight is 472 g/mol. The Morgan fingerprint density at radius 3 is 2.20 bits per heavy atom. The molecule has 0 unspecified atom stereocenters. The van der Waals surface area contributed by atoms with Crippen LogP contribution in [0.1, 0.15) is 15.9 Å². The van der Waals surface area contributed by atoms with Crippen molar-refractivity contribution in [2.75, 3.05) is 31.5 Å². The van der Waals surface area contributed by atoms with Gasteiger partial charge < -0.3 is 19.5 Å². The molecule has 0 atom stereocenters. The summed E-state index contributed by atoms with van der Waals surface area (Å²) < 4.78 is 16.1. The first-order chi connectivity index (χ1) is 17.0. The molecule has 0 radical (unpaired) electrons. The number of hydrogen-bond donors (Lipinski definition) is 1. The number of pyridine rings is 1. The third kappa shape index (κ3) is 4.98. The number of nitrogens with one attached hydrogen (secondary N) is 1. The number of hydrogen-bond acceptors (Lipinski definition) is 8. The number of carbonyl (C=O) groups is 1. The van der Waals surface area contributed by atoms with Gasteiger partial charge in [0.05, 0.1) is 38.9 Å². The van der Waals surface area contributed by atoms with Crippen molar-refractivity contribution >= 4 is 28.9 Å². The average Bonchev–Trinajstić information content (AvgIpc) is 2.90. The number of methoxy groups -OCH3 is 3. The Balaban J connectivity index is 1.71. The normalized spacial score (nSPS) is 10.4. The van der Waals surface area contributed by atoms with Gasteiger partial charge in [-0.15, -0.1) is 0 Å². The monoisotopic (exact) mass is 471 g/mol. The number of carbonyl (C=O) groups excluding carboxylic acids is 1. The first-order valence-electron chi connectivity index (χ1n) is 10.7. The highest BCUT2D eigenvalue weighted by atomic mass is 16.5. The molecule has 0 saturated heterocycles. The van der Waals surface area contributed by atoms with E-state index in [1.807, 2.05) is 42.2 Å². The molecule has 0 bridgehead atoms. The van der Waals surface area contributed by atoms with Crippen molar-refractivity contribution in [3.8, 4) is 17.2 Å². The zero-order valence-corrected chi connectivity index (χ0v) is 19.9. The van der Waals surface area contributed by atoms with Crippen molar-refractivity contribution in [1.82, 2.24) is 15.0 Å². The molecule has 35 heavy (non-hydrogen) atoms. The zero-order chi connectivity index (χ0) is 24.8. The van der Waals surface area contributed by atoms with Crippen LogP contribution >= 0.6 is 0 Å². The van der Waals surface area contributed by atoms with Crippen molar-refractivity contribution in [1.29, 1.82) is 0 Å². The standard InChI is InChI=1S/C26H25N5O4/c1-17-8-9-19(30-25(32)18-13-22(33-2)24(35-4)23(14-18)34-3)15-21(17)31(20-7-5-10-27-16-20)26-28-11-6-12-29-26/h5-16H,1-4H3,(H,30,32).